The molecule has 0 aliphatic carbocycles. The monoisotopic (exact) mass is 209 g/mol. The Labute approximate surface area is 84.2 Å². The summed E-state index contributed by atoms with van der Waals surface area (Å²) in [5.41, 5.74) is 0.378. The first-order valence-electron chi connectivity index (χ1n) is 4.19. The van der Waals surface area contributed by atoms with E-state index in [1.165, 1.54) is 6.92 Å². The van der Waals surface area contributed by atoms with Crippen LogP contribution in [0.4, 0.5) is 0 Å². The van der Waals surface area contributed by atoms with Crippen LogP contribution in [0, 0.1) is 0 Å². The smallest absolute Gasteiger partial charge is 0.324 e. The van der Waals surface area contributed by atoms with Crippen molar-refractivity contribution in [3.05, 3.63) is 24.3 Å². The molecule has 2 atom stereocenters. The molecule has 1 aromatic heterocycles. The van der Waals surface area contributed by atoms with Gasteiger partial charge in [0, 0.05) is 6.92 Å². The van der Waals surface area contributed by atoms with Crippen LogP contribution in [0.2, 0.25) is 0 Å². The minimum absolute atomic E-state index is 0.258. The lowest BCUT2D eigenvalue weighted by Crippen LogP contribution is -2.16. The normalized spacial score (nSPS) is 15.6. The highest BCUT2D eigenvalue weighted by Crippen LogP contribution is 2.16. The van der Waals surface area contributed by atoms with Gasteiger partial charge in [-0.15, -0.1) is 0 Å². The summed E-state index contributed by atoms with van der Waals surface area (Å²) in [4.78, 5) is 6.94. The first-order chi connectivity index (χ1) is 6.68. The molecule has 1 radical (unpaired) electrons. The summed E-state index contributed by atoms with van der Waals surface area (Å²) >= 11 is -1.59. The van der Waals surface area contributed by atoms with E-state index >= 15 is 0 Å². The Morgan fingerprint density at radius 1 is 1.50 bits per heavy atom. The highest BCUT2D eigenvalue weighted by Gasteiger charge is 2.22. The van der Waals surface area contributed by atoms with Crippen molar-refractivity contribution < 1.29 is 9.66 Å². The number of fused-ring (bicyclic) bond motifs is 1. The molecule has 1 heterocycles. The fourth-order valence-corrected chi connectivity index (χ4v) is 1.90. The third kappa shape index (κ3) is 1.61. The molecule has 0 saturated heterocycles. The average molecular weight is 209 g/mol. The van der Waals surface area contributed by atoms with Crippen LogP contribution in [-0.2, 0) is 16.3 Å². The van der Waals surface area contributed by atoms with Gasteiger partial charge in [-0.25, -0.2) is 0 Å². The van der Waals surface area contributed by atoms with Crippen molar-refractivity contribution in [2.45, 2.75) is 17.5 Å². The number of aromatic amines is 1. The van der Waals surface area contributed by atoms with Crippen molar-refractivity contribution in [2.24, 2.45) is 0 Å². The Balaban J connectivity index is 2.45. The minimum atomic E-state index is -1.59. The lowest BCUT2D eigenvalue weighted by molar-refractivity contribution is 0.170. The molecule has 14 heavy (non-hydrogen) atoms. The number of nitrogens with zero attached hydrogens (tertiary/aromatic N) is 1. The molecule has 0 saturated carbocycles. The van der Waals surface area contributed by atoms with Crippen LogP contribution in [0.1, 0.15) is 6.92 Å². The molecule has 4 nitrogen and oxygen atoms in total. The van der Waals surface area contributed by atoms with Crippen molar-refractivity contribution in [2.75, 3.05) is 0 Å². The summed E-state index contributed by atoms with van der Waals surface area (Å²) in [5, 5.41) is 11.2. The van der Waals surface area contributed by atoms with E-state index in [9.17, 15) is 9.66 Å². The quantitative estimate of drug-likeness (QED) is 0.760. The maximum atomic E-state index is 11.4. The number of H-pyrrole nitrogens is 1. The van der Waals surface area contributed by atoms with Crippen LogP contribution in [0.15, 0.2) is 29.4 Å². The number of rotatable bonds is 2. The van der Waals surface area contributed by atoms with Crippen molar-refractivity contribution in [1.82, 2.24) is 9.97 Å². The van der Waals surface area contributed by atoms with E-state index in [1.54, 1.807) is 0 Å². The number of hydrogen-bond acceptors (Lipinski definition) is 2. The van der Waals surface area contributed by atoms with Gasteiger partial charge in [0.05, 0.1) is 22.2 Å². The standard InChI is InChI=1S/C9H9N2O2S/c1-6(12)14(13)9-10-7-4-2-3-5-8(7)11-9/h2-6H,1H3,(H,10,11). The number of hydrogen-bond donors (Lipinski definition) is 1. The van der Waals surface area contributed by atoms with Gasteiger partial charge in [-0.05, 0) is 12.1 Å². The molecule has 0 aliphatic rings. The van der Waals surface area contributed by atoms with Gasteiger partial charge in [-0.1, -0.05) is 12.1 Å². The summed E-state index contributed by atoms with van der Waals surface area (Å²) in [6.45, 7) is 1.36. The second-order valence-corrected chi connectivity index (χ2v) is 4.57. The van der Waals surface area contributed by atoms with Gasteiger partial charge in [-0.3, -0.25) is 4.98 Å². The average Bonchev–Trinajstić information content (AvgIpc) is 2.59. The maximum Gasteiger partial charge on any atom is 0.324 e. The number of para-hydroxylation sites is 2. The van der Waals surface area contributed by atoms with E-state index < -0.39 is 16.6 Å². The first kappa shape index (κ1) is 9.51. The Kier molecular flexibility index (Phi) is 2.45. The van der Waals surface area contributed by atoms with Crippen molar-refractivity contribution in [1.29, 1.82) is 0 Å². The first-order valence-corrected chi connectivity index (χ1v) is 5.41. The minimum Gasteiger partial charge on any atom is -0.607 e. The van der Waals surface area contributed by atoms with Gasteiger partial charge in [-0.2, -0.15) is 10.1 Å². The lowest BCUT2D eigenvalue weighted by atomic mass is 10.3. The van der Waals surface area contributed by atoms with Crippen LogP contribution < -0.4 is 0 Å². The third-order valence-electron chi connectivity index (χ3n) is 1.86. The van der Waals surface area contributed by atoms with Gasteiger partial charge >= 0.3 is 5.16 Å². The van der Waals surface area contributed by atoms with Crippen LogP contribution in [0.3, 0.4) is 0 Å². The molecule has 2 rings (SSSR count). The number of nitrogens with one attached hydrogen (secondary N) is 1. The molecule has 1 N–H and O–H groups in total. The third-order valence-corrected chi connectivity index (χ3v) is 3.04. The summed E-state index contributed by atoms with van der Waals surface area (Å²) < 4.78 is 11.4. The Bertz CT molecular complexity index is 408. The van der Waals surface area contributed by atoms with Gasteiger partial charge < -0.3 is 4.55 Å². The van der Waals surface area contributed by atoms with E-state index in [0.29, 0.717) is 0 Å². The molecule has 5 heteroatoms. The van der Waals surface area contributed by atoms with Gasteiger partial charge in [0.25, 0.3) is 5.44 Å². The van der Waals surface area contributed by atoms with Gasteiger partial charge in [0.2, 0.25) is 0 Å². The largest absolute Gasteiger partial charge is 0.607 e. The number of aromatic nitrogens is 2. The fourth-order valence-electron chi connectivity index (χ4n) is 1.18. The number of benzene rings is 1. The summed E-state index contributed by atoms with van der Waals surface area (Å²) in [6, 6.07) is 7.34. The van der Waals surface area contributed by atoms with E-state index in [2.05, 4.69) is 9.97 Å². The molecule has 73 valence electrons. The summed E-state index contributed by atoms with van der Waals surface area (Å²) in [7, 11) is 0. The van der Waals surface area contributed by atoms with Crippen molar-refractivity contribution >= 4 is 22.2 Å². The molecule has 1 aromatic carbocycles. The summed E-state index contributed by atoms with van der Waals surface area (Å²) in [6.07, 6.45) is 0. The Morgan fingerprint density at radius 2 is 2.21 bits per heavy atom. The molecule has 0 aliphatic heterocycles. The van der Waals surface area contributed by atoms with E-state index in [0.717, 1.165) is 11.0 Å². The zero-order valence-electron chi connectivity index (χ0n) is 7.56. The fraction of sp³-hybridized carbons (Fsp3) is 0.222. The predicted molar refractivity (Wildman–Crippen MR) is 52.7 cm³/mol. The van der Waals surface area contributed by atoms with E-state index in [4.69, 9.17) is 0 Å². The van der Waals surface area contributed by atoms with Crippen molar-refractivity contribution in [3.8, 4) is 0 Å². The molecule has 2 unspecified atom stereocenters. The predicted octanol–water partition coefficient (Wildman–Crippen LogP) is 1.45. The molecule has 2 aromatic rings. The second-order valence-electron chi connectivity index (χ2n) is 2.92. The Hall–Kier alpha value is -1.04. The SMILES string of the molecule is CC([O])[S+]([O-])c1nc2ccccc2[nH]1. The maximum absolute atomic E-state index is 11.4. The zero-order valence-corrected chi connectivity index (χ0v) is 8.38. The number of imidazole rings is 1. The highest BCUT2D eigenvalue weighted by atomic mass is 32.2. The molecular weight excluding hydrogens is 200 g/mol. The van der Waals surface area contributed by atoms with Gasteiger partial charge in [0.1, 0.15) is 0 Å². The van der Waals surface area contributed by atoms with Crippen LogP contribution >= 0.6 is 0 Å². The van der Waals surface area contributed by atoms with Crippen LogP contribution in [0.5, 0.6) is 0 Å². The summed E-state index contributed by atoms with van der Waals surface area (Å²) in [5.74, 6) is 0. The Morgan fingerprint density at radius 3 is 2.86 bits per heavy atom. The highest BCUT2D eigenvalue weighted by molar-refractivity contribution is 7.91. The lowest BCUT2D eigenvalue weighted by Gasteiger charge is -2.06. The topological polar surface area (TPSA) is 71.6 Å². The van der Waals surface area contributed by atoms with E-state index in [1.807, 2.05) is 24.3 Å². The second kappa shape index (κ2) is 3.61. The molecule has 0 spiro atoms. The zero-order chi connectivity index (χ0) is 10.1. The molecular formula is C9H9N2O2S. The van der Waals surface area contributed by atoms with Crippen molar-refractivity contribution in [3.63, 3.8) is 0 Å². The molecule has 0 bridgehead atoms. The molecule has 0 amide bonds. The van der Waals surface area contributed by atoms with Crippen LogP contribution in [0.25, 0.3) is 11.0 Å². The van der Waals surface area contributed by atoms with Gasteiger partial charge in [0.15, 0.2) is 0 Å². The molecule has 0 fully saturated rings. The van der Waals surface area contributed by atoms with E-state index in [-0.39, 0.29) is 5.16 Å². The van der Waals surface area contributed by atoms with Crippen LogP contribution in [-0.4, -0.2) is 20.0 Å².